The number of hydrogen-bond acceptors (Lipinski definition) is 2. The van der Waals surface area contributed by atoms with Crippen LogP contribution in [-0.4, -0.2) is 19.2 Å². The number of hydrogen-bond donors (Lipinski definition) is 1. The molecule has 0 aromatic heterocycles. The van der Waals surface area contributed by atoms with Crippen LogP contribution in [0.2, 0.25) is 0 Å². The maximum absolute atomic E-state index is 12.2. The summed E-state index contributed by atoms with van der Waals surface area (Å²) in [7, 11) is 0. The molecule has 0 atom stereocenters. The first-order valence-electron chi connectivity index (χ1n) is 10.2. The molecule has 0 unspecified atom stereocenters. The van der Waals surface area contributed by atoms with Gasteiger partial charge < -0.3 is 10.1 Å². The molecule has 3 nitrogen and oxygen atoms in total. The lowest BCUT2D eigenvalue weighted by molar-refractivity contribution is 0.143. The largest absolute Gasteiger partial charge is 0.449 e. The van der Waals surface area contributed by atoms with Gasteiger partial charge in [0, 0.05) is 18.3 Å². The van der Waals surface area contributed by atoms with E-state index in [-0.39, 0.29) is 12.0 Å². The molecule has 4 heteroatoms. The molecule has 0 bridgehead atoms. The van der Waals surface area contributed by atoms with Gasteiger partial charge in [0.25, 0.3) is 0 Å². The number of fused-ring (bicyclic) bond motifs is 3. The van der Waals surface area contributed by atoms with E-state index in [4.69, 9.17) is 16.3 Å². The lowest BCUT2D eigenvalue weighted by atomic mass is 9.98. The highest BCUT2D eigenvalue weighted by Gasteiger charge is 2.28. The summed E-state index contributed by atoms with van der Waals surface area (Å²) in [6.45, 7) is 0.871. The quantitative estimate of drug-likeness (QED) is 0.358. The second-order valence-electron chi connectivity index (χ2n) is 7.32. The van der Waals surface area contributed by atoms with Gasteiger partial charge in [0.2, 0.25) is 0 Å². The van der Waals surface area contributed by atoms with Gasteiger partial charge in [-0.2, -0.15) is 0 Å². The van der Waals surface area contributed by atoms with Crippen LogP contribution in [0.15, 0.2) is 78.9 Å². The predicted molar refractivity (Wildman–Crippen MR) is 123 cm³/mol. The topological polar surface area (TPSA) is 38.3 Å². The average molecular weight is 418 g/mol. The molecule has 0 saturated carbocycles. The third-order valence-electron chi connectivity index (χ3n) is 5.37. The van der Waals surface area contributed by atoms with Gasteiger partial charge in [-0.05, 0) is 39.8 Å². The fraction of sp³-hybridized carbons (Fsp3) is 0.192. The summed E-state index contributed by atoms with van der Waals surface area (Å²) in [6, 6.07) is 24.8. The van der Waals surface area contributed by atoms with E-state index in [0.717, 1.165) is 17.5 Å². The molecular weight excluding hydrogens is 394 g/mol. The summed E-state index contributed by atoms with van der Waals surface area (Å²) in [5, 5.41) is 2.83. The standard InChI is InChI=1S/C26H24ClNO2/c27-17-20-14-12-19(13-15-20)7-5-6-16-28-26(29)30-18-25-23-10-3-1-8-21(23)22-9-2-4-11-24(22)25/h1-5,7-15,25H,6,16-18H2,(H,28,29). The van der Waals surface area contributed by atoms with Crippen LogP contribution in [0.1, 0.15) is 34.6 Å². The van der Waals surface area contributed by atoms with Crippen LogP contribution in [0.25, 0.3) is 17.2 Å². The lowest BCUT2D eigenvalue weighted by Gasteiger charge is -2.14. The van der Waals surface area contributed by atoms with E-state index in [9.17, 15) is 4.79 Å². The summed E-state index contributed by atoms with van der Waals surface area (Å²) in [5.41, 5.74) is 7.11. The van der Waals surface area contributed by atoms with Crippen molar-refractivity contribution in [1.29, 1.82) is 0 Å². The van der Waals surface area contributed by atoms with Crippen molar-refractivity contribution in [2.75, 3.05) is 13.2 Å². The lowest BCUT2D eigenvalue weighted by Crippen LogP contribution is -2.26. The molecule has 30 heavy (non-hydrogen) atoms. The SMILES string of the molecule is O=C(NCCC=Cc1ccc(CCl)cc1)OCC1c2ccccc2-c2ccccc21. The number of alkyl carbamates (subject to hydrolysis) is 1. The molecule has 3 aromatic carbocycles. The Balaban J connectivity index is 1.26. The molecular formula is C26H24ClNO2. The van der Waals surface area contributed by atoms with Crippen molar-refractivity contribution < 1.29 is 9.53 Å². The van der Waals surface area contributed by atoms with Crippen molar-refractivity contribution in [2.24, 2.45) is 0 Å². The summed E-state index contributed by atoms with van der Waals surface area (Å²) >= 11 is 5.80. The Morgan fingerprint density at radius 2 is 1.57 bits per heavy atom. The molecule has 0 fully saturated rings. The Bertz CT molecular complexity index is 997. The summed E-state index contributed by atoms with van der Waals surface area (Å²) in [6.07, 6.45) is 4.44. The molecule has 1 aliphatic carbocycles. The molecule has 1 aliphatic rings. The van der Waals surface area contributed by atoms with Crippen LogP contribution >= 0.6 is 11.6 Å². The van der Waals surface area contributed by atoms with Gasteiger partial charge in [-0.25, -0.2) is 4.79 Å². The monoisotopic (exact) mass is 417 g/mol. The number of halogens is 1. The van der Waals surface area contributed by atoms with Crippen molar-refractivity contribution >= 4 is 23.8 Å². The minimum atomic E-state index is -0.378. The number of benzene rings is 3. The Kier molecular flexibility index (Phi) is 6.50. The van der Waals surface area contributed by atoms with E-state index in [1.54, 1.807) is 0 Å². The summed E-state index contributed by atoms with van der Waals surface area (Å²) in [4.78, 5) is 12.2. The molecule has 0 spiro atoms. The fourth-order valence-electron chi connectivity index (χ4n) is 3.84. The van der Waals surface area contributed by atoms with Crippen LogP contribution in [0.3, 0.4) is 0 Å². The van der Waals surface area contributed by atoms with E-state index < -0.39 is 0 Å². The maximum Gasteiger partial charge on any atom is 0.407 e. The number of ether oxygens (including phenoxy) is 1. The van der Waals surface area contributed by atoms with E-state index in [0.29, 0.717) is 19.0 Å². The zero-order valence-corrected chi connectivity index (χ0v) is 17.4. The van der Waals surface area contributed by atoms with E-state index >= 15 is 0 Å². The smallest absolute Gasteiger partial charge is 0.407 e. The van der Waals surface area contributed by atoms with Gasteiger partial charge in [-0.1, -0.05) is 84.9 Å². The van der Waals surface area contributed by atoms with Crippen molar-refractivity contribution in [2.45, 2.75) is 18.2 Å². The van der Waals surface area contributed by atoms with Gasteiger partial charge in [0.05, 0.1) is 0 Å². The second kappa shape index (κ2) is 9.64. The zero-order chi connectivity index (χ0) is 20.8. The number of carbonyl (C=O) groups is 1. The number of rotatable bonds is 7. The first-order chi connectivity index (χ1) is 14.8. The van der Waals surface area contributed by atoms with E-state index in [2.05, 4.69) is 29.6 Å². The second-order valence-corrected chi connectivity index (χ2v) is 7.59. The molecule has 4 rings (SSSR count). The van der Waals surface area contributed by atoms with Crippen molar-refractivity contribution in [1.82, 2.24) is 5.32 Å². The van der Waals surface area contributed by atoms with Crippen molar-refractivity contribution in [3.8, 4) is 11.1 Å². The number of carbonyl (C=O) groups excluding carboxylic acids is 1. The first-order valence-corrected chi connectivity index (χ1v) is 10.7. The Hall–Kier alpha value is -3.04. The molecule has 1 amide bonds. The van der Waals surface area contributed by atoms with Gasteiger partial charge in [0.15, 0.2) is 0 Å². The van der Waals surface area contributed by atoms with Crippen LogP contribution in [0.4, 0.5) is 4.79 Å². The minimum absolute atomic E-state index is 0.0824. The third kappa shape index (κ3) is 4.58. The van der Waals surface area contributed by atoms with Crippen LogP contribution in [0.5, 0.6) is 0 Å². The molecule has 0 heterocycles. The Labute approximate surface area is 182 Å². The maximum atomic E-state index is 12.2. The highest BCUT2D eigenvalue weighted by molar-refractivity contribution is 6.17. The molecule has 0 saturated heterocycles. The van der Waals surface area contributed by atoms with Crippen molar-refractivity contribution in [3.05, 3.63) is 101 Å². The molecule has 0 radical (unpaired) electrons. The van der Waals surface area contributed by atoms with Gasteiger partial charge in [0.1, 0.15) is 6.61 Å². The molecule has 1 N–H and O–H groups in total. The predicted octanol–water partition coefficient (Wildman–Crippen LogP) is 6.37. The number of nitrogens with one attached hydrogen (secondary N) is 1. The van der Waals surface area contributed by atoms with Crippen LogP contribution in [0, 0.1) is 0 Å². The van der Waals surface area contributed by atoms with Gasteiger partial charge in [-0.15, -0.1) is 11.6 Å². The van der Waals surface area contributed by atoms with Gasteiger partial charge >= 0.3 is 6.09 Å². The van der Waals surface area contributed by atoms with E-state index in [1.807, 2.05) is 60.7 Å². The normalized spacial score (nSPS) is 12.6. The summed E-state index contributed by atoms with van der Waals surface area (Å²) < 4.78 is 5.54. The molecule has 0 aliphatic heterocycles. The summed E-state index contributed by atoms with van der Waals surface area (Å²) in [5.74, 6) is 0.604. The van der Waals surface area contributed by atoms with Gasteiger partial charge in [-0.3, -0.25) is 0 Å². The Morgan fingerprint density at radius 1 is 0.933 bits per heavy atom. The third-order valence-corrected chi connectivity index (χ3v) is 5.68. The molecule has 3 aromatic rings. The zero-order valence-electron chi connectivity index (χ0n) is 16.7. The Morgan fingerprint density at radius 3 is 2.20 bits per heavy atom. The minimum Gasteiger partial charge on any atom is -0.449 e. The van der Waals surface area contributed by atoms with Crippen LogP contribution in [-0.2, 0) is 10.6 Å². The number of amides is 1. The first kappa shape index (κ1) is 20.2. The van der Waals surface area contributed by atoms with E-state index in [1.165, 1.54) is 22.3 Å². The van der Waals surface area contributed by atoms with Crippen LogP contribution < -0.4 is 5.32 Å². The fourth-order valence-corrected chi connectivity index (χ4v) is 4.02. The average Bonchev–Trinajstić information content (AvgIpc) is 3.12. The molecule has 152 valence electrons. The number of alkyl halides is 1. The highest BCUT2D eigenvalue weighted by Crippen LogP contribution is 2.44. The van der Waals surface area contributed by atoms with Crippen molar-refractivity contribution in [3.63, 3.8) is 0 Å². The highest BCUT2D eigenvalue weighted by atomic mass is 35.5.